The molecule has 0 aliphatic rings. The fourth-order valence-corrected chi connectivity index (χ4v) is 2.56. The Kier molecular flexibility index (Phi) is 6.66. The molecule has 1 N–H and O–H groups in total. The summed E-state index contributed by atoms with van der Waals surface area (Å²) < 4.78 is 2.19. The van der Waals surface area contributed by atoms with Crippen LogP contribution in [0.3, 0.4) is 0 Å². The van der Waals surface area contributed by atoms with Gasteiger partial charge in [-0.05, 0) is 25.3 Å². The predicted molar refractivity (Wildman–Crippen MR) is 95.5 cm³/mol. The van der Waals surface area contributed by atoms with Gasteiger partial charge in [-0.15, -0.1) is 0 Å². The molecule has 124 valence electrons. The molecule has 0 fully saturated rings. The van der Waals surface area contributed by atoms with Crippen molar-refractivity contribution in [3.05, 3.63) is 54.1 Å². The van der Waals surface area contributed by atoms with E-state index >= 15 is 0 Å². The SMILES string of the molecule is CN=C(NCCCCn1ccnc1C)N(C)Cc1ccccc1. The third kappa shape index (κ3) is 5.43. The van der Waals surface area contributed by atoms with Crippen LogP contribution in [0, 0.1) is 6.92 Å². The van der Waals surface area contributed by atoms with Gasteiger partial charge in [-0.2, -0.15) is 0 Å². The highest BCUT2D eigenvalue weighted by Crippen LogP contribution is 2.03. The average molecular weight is 313 g/mol. The van der Waals surface area contributed by atoms with Crippen LogP contribution < -0.4 is 5.32 Å². The quantitative estimate of drug-likeness (QED) is 0.486. The summed E-state index contributed by atoms with van der Waals surface area (Å²) in [6.07, 6.45) is 6.13. The number of nitrogens with zero attached hydrogens (tertiary/aromatic N) is 4. The first-order chi connectivity index (χ1) is 11.2. The number of hydrogen-bond donors (Lipinski definition) is 1. The predicted octanol–water partition coefficient (Wildman–Crippen LogP) is 2.68. The standard InChI is InChI=1S/C18H27N5/c1-16-20-12-14-23(16)13-8-7-11-21-18(19-2)22(3)15-17-9-5-4-6-10-17/h4-6,9-10,12,14H,7-8,11,13,15H2,1-3H3,(H,19,21). The molecule has 0 amide bonds. The van der Waals surface area contributed by atoms with Gasteiger partial charge < -0.3 is 14.8 Å². The van der Waals surface area contributed by atoms with E-state index in [4.69, 9.17) is 0 Å². The Morgan fingerprint density at radius 3 is 2.70 bits per heavy atom. The Morgan fingerprint density at radius 2 is 2.04 bits per heavy atom. The van der Waals surface area contributed by atoms with Gasteiger partial charge in [-0.1, -0.05) is 30.3 Å². The van der Waals surface area contributed by atoms with E-state index in [9.17, 15) is 0 Å². The molecule has 5 nitrogen and oxygen atoms in total. The summed E-state index contributed by atoms with van der Waals surface area (Å²) in [5, 5.41) is 3.44. The number of unbranched alkanes of at least 4 members (excludes halogenated alkanes) is 1. The molecule has 0 atom stereocenters. The van der Waals surface area contributed by atoms with Crippen molar-refractivity contribution in [3.8, 4) is 0 Å². The van der Waals surface area contributed by atoms with Crippen molar-refractivity contribution in [2.75, 3.05) is 20.6 Å². The molecule has 1 heterocycles. The lowest BCUT2D eigenvalue weighted by atomic mass is 10.2. The van der Waals surface area contributed by atoms with E-state index in [1.54, 1.807) is 0 Å². The van der Waals surface area contributed by atoms with Crippen LogP contribution in [-0.2, 0) is 13.1 Å². The Balaban J connectivity index is 1.69. The molecule has 0 unspecified atom stereocenters. The maximum Gasteiger partial charge on any atom is 0.193 e. The van der Waals surface area contributed by atoms with Crippen LogP contribution in [0.1, 0.15) is 24.2 Å². The number of aromatic nitrogens is 2. The molecule has 0 aliphatic heterocycles. The van der Waals surface area contributed by atoms with E-state index in [1.807, 2.05) is 32.4 Å². The average Bonchev–Trinajstić information content (AvgIpc) is 2.97. The zero-order chi connectivity index (χ0) is 16.5. The maximum atomic E-state index is 4.36. The van der Waals surface area contributed by atoms with E-state index in [0.29, 0.717) is 0 Å². The van der Waals surface area contributed by atoms with Crippen LogP contribution in [0.25, 0.3) is 0 Å². The smallest absolute Gasteiger partial charge is 0.193 e. The molecule has 23 heavy (non-hydrogen) atoms. The van der Waals surface area contributed by atoms with Crippen LogP contribution in [0.15, 0.2) is 47.7 Å². The van der Waals surface area contributed by atoms with Crippen molar-refractivity contribution < 1.29 is 0 Å². The van der Waals surface area contributed by atoms with E-state index in [-0.39, 0.29) is 0 Å². The van der Waals surface area contributed by atoms with Gasteiger partial charge in [0.25, 0.3) is 0 Å². The summed E-state index contributed by atoms with van der Waals surface area (Å²) in [6, 6.07) is 10.4. The highest BCUT2D eigenvalue weighted by atomic mass is 15.3. The van der Waals surface area contributed by atoms with Crippen LogP contribution in [0.5, 0.6) is 0 Å². The van der Waals surface area contributed by atoms with Gasteiger partial charge in [0.15, 0.2) is 5.96 Å². The molecule has 0 radical (unpaired) electrons. The molecule has 2 aromatic rings. The van der Waals surface area contributed by atoms with Crippen LogP contribution >= 0.6 is 0 Å². The zero-order valence-electron chi connectivity index (χ0n) is 14.4. The molecule has 0 saturated heterocycles. The van der Waals surface area contributed by atoms with Crippen LogP contribution in [0.4, 0.5) is 0 Å². The third-order valence-corrected chi connectivity index (χ3v) is 3.87. The molecular weight excluding hydrogens is 286 g/mol. The van der Waals surface area contributed by atoms with Crippen molar-refractivity contribution in [2.24, 2.45) is 4.99 Å². The Bertz CT molecular complexity index is 603. The van der Waals surface area contributed by atoms with Crippen LogP contribution in [0.2, 0.25) is 0 Å². The van der Waals surface area contributed by atoms with E-state index < -0.39 is 0 Å². The van der Waals surface area contributed by atoms with Crippen molar-refractivity contribution >= 4 is 5.96 Å². The molecule has 1 aromatic carbocycles. The molecule has 2 rings (SSSR count). The largest absolute Gasteiger partial charge is 0.356 e. The van der Waals surface area contributed by atoms with Crippen molar-refractivity contribution in [3.63, 3.8) is 0 Å². The fourth-order valence-electron chi connectivity index (χ4n) is 2.56. The Hall–Kier alpha value is -2.30. The fraction of sp³-hybridized carbons (Fsp3) is 0.444. The number of hydrogen-bond acceptors (Lipinski definition) is 2. The highest BCUT2D eigenvalue weighted by molar-refractivity contribution is 5.79. The van der Waals surface area contributed by atoms with Gasteiger partial charge in [0.05, 0.1) is 0 Å². The summed E-state index contributed by atoms with van der Waals surface area (Å²) in [5.74, 6) is 2.02. The third-order valence-electron chi connectivity index (χ3n) is 3.87. The second kappa shape index (κ2) is 8.98. The Morgan fingerprint density at radius 1 is 1.26 bits per heavy atom. The number of aryl methyl sites for hydroxylation is 2. The minimum atomic E-state index is 0.856. The summed E-state index contributed by atoms with van der Waals surface area (Å²) in [5.41, 5.74) is 1.29. The van der Waals surface area contributed by atoms with E-state index in [2.05, 4.69) is 56.1 Å². The van der Waals surface area contributed by atoms with E-state index in [0.717, 1.165) is 44.3 Å². The van der Waals surface area contributed by atoms with Crippen LogP contribution in [-0.4, -0.2) is 41.1 Å². The molecule has 0 spiro atoms. The molecule has 5 heteroatoms. The van der Waals surface area contributed by atoms with Crippen molar-refractivity contribution in [1.29, 1.82) is 0 Å². The minimum Gasteiger partial charge on any atom is -0.356 e. The second-order valence-corrected chi connectivity index (χ2v) is 5.69. The van der Waals surface area contributed by atoms with Gasteiger partial charge in [0, 0.05) is 46.1 Å². The lowest BCUT2D eigenvalue weighted by Gasteiger charge is -2.22. The number of aliphatic imine (C=N–C) groups is 1. The maximum absolute atomic E-state index is 4.36. The Labute approximate surface area is 139 Å². The first kappa shape index (κ1) is 17.1. The summed E-state index contributed by atoms with van der Waals surface area (Å²) in [7, 11) is 3.90. The van der Waals surface area contributed by atoms with Gasteiger partial charge in [-0.25, -0.2) is 4.98 Å². The normalized spacial score (nSPS) is 11.5. The van der Waals surface area contributed by atoms with Gasteiger partial charge >= 0.3 is 0 Å². The molecule has 0 aliphatic carbocycles. The summed E-state index contributed by atoms with van der Waals surface area (Å²) in [6.45, 7) is 4.85. The molecular formula is C18H27N5. The number of benzene rings is 1. The summed E-state index contributed by atoms with van der Waals surface area (Å²) in [4.78, 5) is 10.8. The number of rotatable bonds is 7. The number of imidazole rings is 1. The molecule has 0 bridgehead atoms. The van der Waals surface area contributed by atoms with Gasteiger partial charge in [0.1, 0.15) is 5.82 Å². The van der Waals surface area contributed by atoms with Crippen molar-refractivity contribution in [2.45, 2.75) is 32.9 Å². The second-order valence-electron chi connectivity index (χ2n) is 5.69. The van der Waals surface area contributed by atoms with Crippen molar-refractivity contribution in [1.82, 2.24) is 19.8 Å². The molecule has 1 aromatic heterocycles. The lowest BCUT2D eigenvalue weighted by molar-refractivity contribution is 0.473. The first-order valence-electron chi connectivity index (χ1n) is 8.14. The lowest BCUT2D eigenvalue weighted by Crippen LogP contribution is -2.38. The zero-order valence-corrected chi connectivity index (χ0v) is 14.4. The summed E-state index contributed by atoms with van der Waals surface area (Å²) >= 11 is 0. The van der Waals surface area contributed by atoms with Gasteiger partial charge in [-0.3, -0.25) is 4.99 Å². The number of guanidine groups is 1. The minimum absolute atomic E-state index is 0.856. The van der Waals surface area contributed by atoms with E-state index in [1.165, 1.54) is 5.56 Å². The first-order valence-corrected chi connectivity index (χ1v) is 8.14. The molecule has 0 saturated carbocycles. The highest BCUT2D eigenvalue weighted by Gasteiger charge is 2.05. The van der Waals surface area contributed by atoms with Gasteiger partial charge in [0.2, 0.25) is 0 Å². The number of nitrogens with one attached hydrogen (secondary N) is 1. The topological polar surface area (TPSA) is 45.5 Å². The monoisotopic (exact) mass is 313 g/mol.